The molecule has 2 amide bonds. The zero-order valence-electron chi connectivity index (χ0n) is 27.8. The van der Waals surface area contributed by atoms with E-state index in [1.54, 1.807) is 6.20 Å². The van der Waals surface area contributed by atoms with Gasteiger partial charge >= 0.3 is 6.09 Å². The summed E-state index contributed by atoms with van der Waals surface area (Å²) in [5.41, 5.74) is 2.34. The molecule has 0 aromatic carbocycles. The van der Waals surface area contributed by atoms with Crippen molar-refractivity contribution in [3.05, 3.63) is 29.1 Å². The number of carbonyl (C=O) groups excluding carboxylic acids is 2. The quantitative estimate of drug-likeness (QED) is 0.331. The molecule has 2 saturated carbocycles. The average molecular weight is 609 g/mol. The molecule has 1 spiro atoms. The van der Waals surface area contributed by atoms with Crippen molar-refractivity contribution < 1.29 is 19.1 Å². The molecule has 1 aromatic heterocycles. The maximum Gasteiger partial charge on any atom is 0.410 e. The van der Waals surface area contributed by atoms with Gasteiger partial charge in [-0.3, -0.25) is 9.78 Å². The van der Waals surface area contributed by atoms with Crippen LogP contribution in [0, 0.1) is 37.5 Å². The molecule has 3 aliphatic heterocycles. The fraction of sp³-hybridized carbons (Fsp3) is 0.806. The van der Waals surface area contributed by atoms with Crippen LogP contribution >= 0.6 is 0 Å². The van der Waals surface area contributed by atoms with Crippen molar-refractivity contribution in [1.29, 1.82) is 0 Å². The average Bonchev–Trinajstić information content (AvgIpc) is 3.59. The maximum atomic E-state index is 13.5. The molecule has 0 radical (unpaired) electrons. The highest BCUT2D eigenvalue weighted by molar-refractivity contribution is 5.96. The summed E-state index contributed by atoms with van der Waals surface area (Å²) in [5.74, 6) is 2.30. The first-order valence-corrected chi connectivity index (χ1v) is 17.8. The first-order valence-electron chi connectivity index (χ1n) is 17.8. The summed E-state index contributed by atoms with van der Waals surface area (Å²) in [4.78, 5) is 38.1. The minimum atomic E-state index is -0.303. The lowest BCUT2D eigenvalue weighted by Crippen LogP contribution is -2.61. The second-order valence-corrected chi connectivity index (χ2v) is 14.8. The number of rotatable bonds is 9. The molecule has 4 atom stereocenters. The van der Waals surface area contributed by atoms with Gasteiger partial charge in [0.1, 0.15) is 5.60 Å². The topological polar surface area (TPSA) is 75.2 Å². The SMILES string of the molecule is CCCC[C@H]1CN(CC2CCC(OCC)CC2)C(=O)OC12CCN(C1C[C@@H]3CN(C(=O)c4c(C)ccnc4C)C[C@@H]3C1)CC2. The Morgan fingerprint density at radius 2 is 1.75 bits per heavy atom. The number of aryl methyl sites for hydroxylation is 2. The van der Waals surface area contributed by atoms with Gasteiger partial charge in [0, 0.05) is 76.9 Å². The van der Waals surface area contributed by atoms with Gasteiger partial charge in [0.05, 0.1) is 17.4 Å². The largest absolute Gasteiger partial charge is 0.442 e. The van der Waals surface area contributed by atoms with Crippen molar-refractivity contribution in [3.8, 4) is 0 Å². The number of aromatic nitrogens is 1. The highest BCUT2D eigenvalue weighted by Crippen LogP contribution is 2.45. The highest BCUT2D eigenvalue weighted by Gasteiger charge is 2.52. The van der Waals surface area contributed by atoms with Gasteiger partial charge < -0.3 is 24.2 Å². The molecule has 244 valence electrons. The first kappa shape index (κ1) is 31.8. The Kier molecular flexibility index (Phi) is 9.87. The fourth-order valence-electron chi connectivity index (χ4n) is 9.50. The maximum absolute atomic E-state index is 13.5. The Morgan fingerprint density at radius 3 is 2.39 bits per heavy atom. The summed E-state index contributed by atoms with van der Waals surface area (Å²) >= 11 is 0. The van der Waals surface area contributed by atoms with Crippen LogP contribution in [0.1, 0.15) is 106 Å². The minimum absolute atomic E-state index is 0.0719. The van der Waals surface area contributed by atoms with Crippen LogP contribution in [0.2, 0.25) is 0 Å². The van der Waals surface area contributed by atoms with E-state index in [2.05, 4.69) is 33.5 Å². The van der Waals surface area contributed by atoms with Crippen molar-refractivity contribution in [2.75, 3.05) is 45.9 Å². The molecule has 2 aliphatic carbocycles. The van der Waals surface area contributed by atoms with Gasteiger partial charge in [0.2, 0.25) is 0 Å². The third-order valence-corrected chi connectivity index (χ3v) is 12.1. The zero-order chi connectivity index (χ0) is 30.8. The van der Waals surface area contributed by atoms with Crippen LogP contribution in [0.4, 0.5) is 4.79 Å². The van der Waals surface area contributed by atoms with Crippen LogP contribution in [0.25, 0.3) is 0 Å². The van der Waals surface area contributed by atoms with Crippen LogP contribution in [-0.4, -0.2) is 95.3 Å². The Bertz CT molecular complexity index is 1120. The number of amides is 2. The molecule has 8 heteroatoms. The molecule has 8 nitrogen and oxygen atoms in total. The smallest absolute Gasteiger partial charge is 0.410 e. The van der Waals surface area contributed by atoms with E-state index in [1.807, 2.05) is 19.9 Å². The number of unbranched alkanes of at least 4 members (excludes halogenated alkanes) is 1. The summed E-state index contributed by atoms with van der Waals surface area (Å²) in [6.07, 6.45) is 14.4. The van der Waals surface area contributed by atoms with E-state index in [1.165, 1.54) is 25.7 Å². The van der Waals surface area contributed by atoms with Crippen LogP contribution in [0.3, 0.4) is 0 Å². The van der Waals surface area contributed by atoms with E-state index >= 15 is 0 Å². The van der Waals surface area contributed by atoms with E-state index in [9.17, 15) is 9.59 Å². The van der Waals surface area contributed by atoms with Crippen molar-refractivity contribution in [2.24, 2.45) is 23.7 Å². The Hall–Kier alpha value is -2.19. The summed E-state index contributed by atoms with van der Waals surface area (Å²) < 4.78 is 12.4. The van der Waals surface area contributed by atoms with Gasteiger partial charge in [-0.1, -0.05) is 19.8 Å². The van der Waals surface area contributed by atoms with Gasteiger partial charge in [0.25, 0.3) is 5.91 Å². The number of hydrogen-bond donors (Lipinski definition) is 0. The van der Waals surface area contributed by atoms with E-state index < -0.39 is 0 Å². The number of carbonyl (C=O) groups is 2. The van der Waals surface area contributed by atoms with Crippen LogP contribution in [0.15, 0.2) is 12.3 Å². The number of nitrogens with zero attached hydrogens (tertiary/aromatic N) is 4. The summed E-state index contributed by atoms with van der Waals surface area (Å²) in [5, 5.41) is 0. The lowest BCUT2D eigenvalue weighted by atomic mass is 9.75. The lowest BCUT2D eigenvalue weighted by Gasteiger charge is -2.52. The van der Waals surface area contributed by atoms with Crippen molar-refractivity contribution in [3.63, 3.8) is 0 Å². The number of likely N-dealkylation sites (tertiary alicyclic amines) is 2. The monoisotopic (exact) mass is 608 g/mol. The van der Waals surface area contributed by atoms with E-state index in [4.69, 9.17) is 9.47 Å². The summed E-state index contributed by atoms with van der Waals surface area (Å²) in [6, 6.07) is 2.53. The number of ether oxygens (including phenoxy) is 2. The van der Waals surface area contributed by atoms with Crippen LogP contribution in [0.5, 0.6) is 0 Å². The molecule has 0 bridgehead atoms. The molecule has 4 heterocycles. The Balaban J connectivity index is 1.02. The lowest BCUT2D eigenvalue weighted by molar-refractivity contribution is -0.126. The van der Waals surface area contributed by atoms with Crippen LogP contribution < -0.4 is 0 Å². The molecule has 5 aliphatic rings. The molecule has 1 unspecified atom stereocenters. The predicted octanol–water partition coefficient (Wildman–Crippen LogP) is 6.24. The zero-order valence-corrected chi connectivity index (χ0v) is 27.8. The van der Waals surface area contributed by atoms with E-state index in [0.29, 0.717) is 35.8 Å². The number of hydrogen-bond acceptors (Lipinski definition) is 6. The Morgan fingerprint density at radius 1 is 1.05 bits per heavy atom. The van der Waals surface area contributed by atoms with Gasteiger partial charge in [-0.05, 0) is 95.1 Å². The third kappa shape index (κ3) is 6.53. The van der Waals surface area contributed by atoms with Gasteiger partial charge in [-0.2, -0.15) is 0 Å². The van der Waals surface area contributed by atoms with Crippen LogP contribution in [-0.2, 0) is 9.47 Å². The summed E-state index contributed by atoms with van der Waals surface area (Å²) in [6.45, 7) is 14.6. The van der Waals surface area contributed by atoms with E-state index in [0.717, 1.165) is 108 Å². The second kappa shape index (κ2) is 13.7. The predicted molar refractivity (Wildman–Crippen MR) is 172 cm³/mol. The third-order valence-electron chi connectivity index (χ3n) is 12.1. The second-order valence-electron chi connectivity index (χ2n) is 14.8. The molecular weight excluding hydrogens is 552 g/mol. The molecule has 3 saturated heterocycles. The minimum Gasteiger partial charge on any atom is -0.442 e. The van der Waals surface area contributed by atoms with Crippen molar-refractivity contribution in [1.82, 2.24) is 19.7 Å². The standard InChI is InChI=1S/C36H56N4O4/c1-5-7-8-30-24-40(21-27-9-11-32(12-10-27)43-6-2)35(42)44-36(30)14-17-38(18-15-36)31-19-28-22-39(23-29(28)20-31)34(41)33-25(3)13-16-37-26(33)4/h13,16,27-32H,5-12,14-15,17-24H2,1-4H3/t27?,28-,29+,30-,31?,32?/m0/s1. The fourth-order valence-corrected chi connectivity index (χ4v) is 9.50. The Labute approximate surface area is 265 Å². The molecule has 5 fully saturated rings. The summed E-state index contributed by atoms with van der Waals surface area (Å²) in [7, 11) is 0. The number of piperidine rings is 1. The number of pyridine rings is 1. The first-order chi connectivity index (χ1) is 21.3. The van der Waals surface area contributed by atoms with Gasteiger partial charge in [-0.25, -0.2) is 4.79 Å². The molecule has 1 aromatic rings. The normalized spacial score (nSPS) is 32.2. The molecule has 0 N–H and O–H groups in total. The van der Waals surface area contributed by atoms with Crippen molar-refractivity contribution >= 4 is 12.0 Å². The van der Waals surface area contributed by atoms with Crippen molar-refractivity contribution in [2.45, 2.75) is 116 Å². The highest BCUT2D eigenvalue weighted by atomic mass is 16.6. The van der Waals surface area contributed by atoms with Gasteiger partial charge in [0.15, 0.2) is 0 Å². The van der Waals surface area contributed by atoms with Gasteiger partial charge in [-0.15, -0.1) is 0 Å². The molecule has 44 heavy (non-hydrogen) atoms. The number of fused-ring (bicyclic) bond motifs is 1. The molecule has 6 rings (SSSR count). The molecular formula is C36H56N4O4. The van der Waals surface area contributed by atoms with E-state index in [-0.39, 0.29) is 17.6 Å².